The van der Waals surface area contributed by atoms with Gasteiger partial charge in [-0.1, -0.05) is 17.7 Å². The predicted molar refractivity (Wildman–Crippen MR) is 67.1 cm³/mol. The van der Waals surface area contributed by atoms with Gasteiger partial charge in [-0.2, -0.15) is 5.10 Å². The molecule has 2 rings (SSSR count). The van der Waals surface area contributed by atoms with Crippen LogP contribution in [0.25, 0.3) is 0 Å². The second-order valence-electron chi connectivity index (χ2n) is 3.82. The van der Waals surface area contributed by atoms with Crippen LogP contribution in [-0.2, 0) is 7.05 Å². The van der Waals surface area contributed by atoms with Crippen molar-refractivity contribution < 1.29 is 4.74 Å². The first-order valence-electron chi connectivity index (χ1n) is 5.27. The number of nitrogens with two attached hydrogens (primary N) is 1. The van der Waals surface area contributed by atoms with Gasteiger partial charge >= 0.3 is 0 Å². The zero-order valence-corrected chi connectivity index (χ0v) is 10.3. The van der Waals surface area contributed by atoms with Crippen LogP contribution in [0, 0.1) is 0 Å². The summed E-state index contributed by atoms with van der Waals surface area (Å²) >= 11 is 5.86. The monoisotopic (exact) mass is 251 g/mol. The average molecular weight is 252 g/mol. The molecule has 90 valence electrons. The Bertz CT molecular complexity index is 498. The van der Waals surface area contributed by atoms with E-state index in [1.54, 1.807) is 23.0 Å². The van der Waals surface area contributed by atoms with Gasteiger partial charge in [-0.3, -0.25) is 4.68 Å². The van der Waals surface area contributed by atoms with E-state index in [1.165, 1.54) is 0 Å². The number of nitrogens with zero attached hydrogens (tertiary/aromatic N) is 2. The molecule has 0 saturated heterocycles. The Morgan fingerprint density at radius 3 is 3.00 bits per heavy atom. The second kappa shape index (κ2) is 5.21. The van der Waals surface area contributed by atoms with Crippen molar-refractivity contribution in [2.24, 2.45) is 12.8 Å². The first kappa shape index (κ1) is 12.0. The molecule has 1 aromatic carbocycles. The smallest absolute Gasteiger partial charge is 0.120 e. The van der Waals surface area contributed by atoms with Crippen LogP contribution in [0.4, 0.5) is 0 Å². The van der Waals surface area contributed by atoms with Crippen molar-refractivity contribution in [2.45, 2.75) is 6.04 Å². The van der Waals surface area contributed by atoms with Gasteiger partial charge in [0.15, 0.2) is 0 Å². The molecule has 17 heavy (non-hydrogen) atoms. The Labute approximate surface area is 105 Å². The minimum absolute atomic E-state index is 0.192. The first-order chi connectivity index (χ1) is 8.15. The standard InChI is InChI=1S/C12H14ClN3O/c1-16-7-9(6-15-16)12(14)8-17-11-4-2-3-10(13)5-11/h2-7,12H,8,14H2,1H3. The lowest BCUT2D eigenvalue weighted by molar-refractivity contribution is 0.290. The van der Waals surface area contributed by atoms with Crippen LogP contribution in [0.3, 0.4) is 0 Å². The summed E-state index contributed by atoms with van der Waals surface area (Å²) in [5, 5.41) is 4.72. The number of benzene rings is 1. The predicted octanol–water partition coefficient (Wildman–Crippen LogP) is 2.15. The van der Waals surface area contributed by atoms with Crippen molar-refractivity contribution in [2.75, 3.05) is 6.61 Å². The highest BCUT2D eigenvalue weighted by Gasteiger charge is 2.08. The van der Waals surface area contributed by atoms with E-state index in [1.807, 2.05) is 25.4 Å². The quantitative estimate of drug-likeness (QED) is 0.906. The molecule has 2 aromatic rings. The highest BCUT2D eigenvalue weighted by atomic mass is 35.5. The average Bonchev–Trinajstić information content (AvgIpc) is 2.73. The molecule has 1 atom stereocenters. The highest BCUT2D eigenvalue weighted by molar-refractivity contribution is 6.30. The third-order valence-corrected chi connectivity index (χ3v) is 2.61. The number of aromatic nitrogens is 2. The largest absolute Gasteiger partial charge is 0.492 e. The minimum atomic E-state index is -0.192. The lowest BCUT2D eigenvalue weighted by Gasteiger charge is -2.11. The Morgan fingerprint density at radius 2 is 2.35 bits per heavy atom. The summed E-state index contributed by atoms with van der Waals surface area (Å²) < 4.78 is 7.28. The molecule has 2 N–H and O–H groups in total. The van der Waals surface area contributed by atoms with E-state index in [0.717, 1.165) is 11.3 Å². The summed E-state index contributed by atoms with van der Waals surface area (Å²) in [6.07, 6.45) is 3.62. The Balaban J connectivity index is 1.94. The zero-order valence-electron chi connectivity index (χ0n) is 9.51. The molecule has 0 amide bonds. The first-order valence-corrected chi connectivity index (χ1v) is 5.65. The number of ether oxygens (including phenoxy) is 1. The van der Waals surface area contributed by atoms with E-state index in [2.05, 4.69) is 5.10 Å². The van der Waals surface area contributed by atoms with Gasteiger partial charge < -0.3 is 10.5 Å². The number of halogens is 1. The molecule has 1 unspecified atom stereocenters. The Kier molecular flexibility index (Phi) is 3.66. The second-order valence-corrected chi connectivity index (χ2v) is 4.26. The maximum atomic E-state index is 5.98. The van der Waals surface area contributed by atoms with Crippen molar-refractivity contribution in [1.29, 1.82) is 0 Å². The van der Waals surface area contributed by atoms with Crippen molar-refractivity contribution in [3.63, 3.8) is 0 Å². The summed E-state index contributed by atoms with van der Waals surface area (Å²) in [6.45, 7) is 0.395. The molecule has 0 saturated carbocycles. The van der Waals surface area contributed by atoms with Gasteiger partial charge in [-0.15, -0.1) is 0 Å². The molecule has 1 aromatic heterocycles. The summed E-state index contributed by atoms with van der Waals surface area (Å²) in [7, 11) is 1.86. The van der Waals surface area contributed by atoms with Gasteiger partial charge in [0, 0.05) is 23.8 Å². The van der Waals surface area contributed by atoms with Crippen LogP contribution in [0.2, 0.25) is 5.02 Å². The molecule has 0 spiro atoms. The molecule has 0 radical (unpaired) electrons. The molecule has 0 bridgehead atoms. The minimum Gasteiger partial charge on any atom is -0.492 e. The van der Waals surface area contributed by atoms with Crippen molar-refractivity contribution in [3.05, 3.63) is 47.2 Å². The molecule has 0 fully saturated rings. The third-order valence-electron chi connectivity index (χ3n) is 2.38. The van der Waals surface area contributed by atoms with Crippen LogP contribution in [0.5, 0.6) is 5.75 Å². The fraction of sp³-hybridized carbons (Fsp3) is 0.250. The number of hydrogen-bond donors (Lipinski definition) is 1. The summed E-state index contributed by atoms with van der Waals surface area (Å²) in [6, 6.07) is 7.06. The SMILES string of the molecule is Cn1cc(C(N)COc2cccc(Cl)c2)cn1. The number of rotatable bonds is 4. The van der Waals surface area contributed by atoms with Crippen molar-refractivity contribution in [3.8, 4) is 5.75 Å². The molecule has 4 nitrogen and oxygen atoms in total. The molecule has 5 heteroatoms. The third kappa shape index (κ3) is 3.22. The van der Waals surface area contributed by atoms with Gasteiger partial charge in [0.25, 0.3) is 0 Å². The molecule has 0 aliphatic heterocycles. The molecular formula is C12H14ClN3O. The van der Waals surface area contributed by atoms with Crippen LogP contribution >= 0.6 is 11.6 Å². The zero-order chi connectivity index (χ0) is 12.3. The summed E-state index contributed by atoms with van der Waals surface area (Å²) in [5.41, 5.74) is 6.94. The van der Waals surface area contributed by atoms with Crippen LogP contribution in [0.1, 0.15) is 11.6 Å². The van der Waals surface area contributed by atoms with Gasteiger partial charge in [0.1, 0.15) is 12.4 Å². The number of aryl methyl sites for hydroxylation is 1. The van der Waals surface area contributed by atoms with Crippen molar-refractivity contribution >= 4 is 11.6 Å². The van der Waals surface area contributed by atoms with Gasteiger partial charge in [-0.25, -0.2) is 0 Å². The summed E-state index contributed by atoms with van der Waals surface area (Å²) in [4.78, 5) is 0. The van der Waals surface area contributed by atoms with Gasteiger partial charge in [0.05, 0.1) is 12.2 Å². The molecular weight excluding hydrogens is 238 g/mol. The van der Waals surface area contributed by atoms with E-state index in [0.29, 0.717) is 11.6 Å². The number of hydrogen-bond acceptors (Lipinski definition) is 3. The van der Waals surface area contributed by atoms with E-state index in [4.69, 9.17) is 22.1 Å². The van der Waals surface area contributed by atoms with Gasteiger partial charge in [-0.05, 0) is 18.2 Å². The maximum Gasteiger partial charge on any atom is 0.120 e. The van der Waals surface area contributed by atoms with Crippen LogP contribution in [0.15, 0.2) is 36.7 Å². The molecule has 0 aliphatic rings. The van der Waals surface area contributed by atoms with Gasteiger partial charge in [0.2, 0.25) is 0 Å². The Hall–Kier alpha value is -1.52. The summed E-state index contributed by atoms with van der Waals surface area (Å²) in [5.74, 6) is 0.719. The molecule has 1 heterocycles. The highest BCUT2D eigenvalue weighted by Crippen LogP contribution is 2.18. The molecule has 0 aliphatic carbocycles. The van der Waals surface area contributed by atoms with E-state index in [-0.39, 0.29) is 6.04 Å². The van der Waals surface area contributed by atoms with Crippen LogP contribution < -0.4 is 10.5 Å². The fourth-order valence-electron chi connectivity index (χ4n) is 1.47. The topological polar surface area (TPSA) is 53.1 Å². The Morgan fingerprint density at radius 1 is 1.53 bits per heavy atom. The van der Waals surface area contributed by atoms with Crippen LogP contribution in [-0.4, -0.2) is 16.4 Å². The lowest BCUT2D eigenvalue weighted by Crippen LogP contribution is -2.18. The van der Waals surface area contributed by atoms with E-state index >= 15 is 0 Å². The lowest BCUT2D eigenvalue weighted by atomic mass is 10.2. The van der Waals surface area contributed by atoms with E-state index < -0.39 is 0 Å². The normalized spacial score (nSPS) is 12.4. The fourth-order valence-corrected chi connectivity index (χ4v) is 1.65. The van der Waals surface area contributed by atoms with Crippen molar-refractivity contribution in [1.82, 2.24) is 9.78 Å². The maximum absolute atomic E-state index is 5.98. The van der Waals surface area contributed by atoms with E-state index in [9.17, 15) is 0 Å².